The van der Waals surface area contributed by atoms with Gasteiger partial charge in [0.05, 0.1) is 11.4 Å². The number of nitrogens with one attached hydrogen (secondary N) is 2. The minimum atomic E-state index is -3.81. The van der Waals surface area contributed by atoms with Crippen molar-refractivity contribution in [2.24, 2.45) is 0 Å². The lowest BCUT2D eigenvalue weighted by Crippen LogP contribution is -2.19. The molecule has 1 aromatic carbocycles. The van der Waals surface area contributed by atoms with E-state index in [1.165, 1.54) is 0 Å². The molecule has 13 heteroatoms. The van der Waals surface area contributed by atoms with Crippen LogP contribution in [0.3, 0.4) is 0 Å². The molecule has 0 aliphatic heterocycles. The highest BCUT2D eigenvalue weighted by atomic mass is 32.2. The summed E-state index contributed by atoms with van der Waals surface area (Å²) in [6.07, 6.45) is 1.44. The number of carbonyl (C=O) groups is 1. The Morgan fingerprint density at radius 3 is 2.71 bits per heavy atom. The molecule has 3 rings (SSSR count). The number of rotatable bonds is 6. The largest absolute Gasteiger partial charge is 0.382 e. The van der Waals surface area contributed by atoms with Crippen molar-refractivity contribution in [1.82, 2.24) is 14.3 Å². The fourth-order valence-electron chi connectivity index (χ4n) is 2.34. The maximum atomic E-state index is 14.6. The first-order valence-electron chi connectivity index (χ1n) is 7.89. The molecule has 0 radical (unpaired) electrons. The molecule has 0 aliphatic carbocycles. The molecule has 2 heterocycles. The van der Waals surface area contributed by atoms with Crippen molar-refractivity contribution in [3.05, 3.63) is 35.0 Å². The molecule has 0 fully saturated rings. The Bertz CT molecular complexity index is 1170. The summed E-state index contributed by atoms with van der Waals surface area (Å²) in [5.41, 5.74) is 4.70. The van der Waals surface area contributed by atoms with E-state index in [2.05, 4.69) is 19.7 Å². The Kier molecular flexibility index (Phi) is 5.38. The fourth-order valence-corrected chi connectivity index (χ4v) is 4.20. The van der Waals surface area contributed by atoms with Gasteiger partial charge in [0.1, 0.15) is 33.7 Å². The van der Waals surface area contributed by atoms with Gasteiger partial charge >= 0.3 is 0 Å². The van der Waals surface area contributed by atoms with Crippen LogP contribution in [0, 0.1) is 11.6 Å². The van der Waals surface area contributed by atoms with Crippen molar-refractivity contribution >= 4 is 55.7 Å². The number of benzene rings is 1. The number of sulfonamides is 1. The smallest absolute Gasteiger partial charge is 0.269 e. The van der Waals surface area contributed by atoms with E-state index in [-0.39, 0.29) is 27.5 Å². The second-order valence-corrected chi connectivity index (χ2v) is 8.24. The van der Waals surface area contributed by atoms with Crippen LogP contribution in [0.1, 0.15) is 23.0 Å². The van der Waals surface area contributed by atoms with Gasteiger partial charge < -0.3 is 11.1 Å². The number of nitrogen functional groups attached to an aromatic ring is 1. The van der Waals surface area contributed by atoms with Crippen LogP contribution in [-0.4, -0.2) is 34.4 Å². The lowest BCUT2D eigenvalue weighted by atomic mass is 10.2. The van der Waals surface area contributed by atoms with E-state index < -0.39 is 38.9 Å². The number of amides is 1. The third-order valence-electron chi connectivity index (χ3n) is 3.57. The van der Waals surface area contributed by atoms with Crippen LogP contribution in [0.15, 0.2) is 18.5 Å². The number of nitrogens with two attached hydrogens (primary N) is 1. The van der Waals surface area contributed by atoms with Crippen LogP contribution in [0.25, 0.3) is 11.0 Å². The van der Waals surface area contributed by atoms with E-state index >= 15 is 0 Å². The standard InChI is InChI=1S/C15H14F2N6O3S2/c1-2-5-28(25,26)23-8-4-3-7(16)10(9(8)17)21-15(24)13-11-12(22-27-13)14(18)20-6-19-11/h3-4,6,23H,2,5H2,1H3,(H,21,24)(H2,18,19,20). The molecule has 4 N–H and O–H groups in total. The molecule has 0 spiro atoms. The molecule has 0 unspecified atom stereocenters. The second-order valence-electron chi connectivity index (χ2n) is 5.63. The summed E-state index contributed by atoms with van der Waals surface area (Å²) < 4.78 is 58.4. The normalized spacial score (nSPS) is 11.5. The van der Waals surface area contributed by atoms with Gasteiger partial charge in [-0.2, -0.15) is 4.37 Å². The highest BCUT2D eigenvalue weighted by molar-refractivity contribution is 7.92. The number of nitrogens with zero attached hydrogens (tertiary/aromatic N) is 3. The Hall–Kier alpha value is -2.93. The number of anilines is 3. The van der Waals surface area contributed by atoms with Crippen molar-refractivity contribution < 1.29 is 22.0 Å². The average molecular weight is 428 g/mol. The van der Waals surface area contributed by atoms with Crippen LogP contribution in [0.5, 0.6) is 0 Å². The molecule has 28 heavy (non-hydrogen) atoms. The summed E-state index contributed by atoms with van der Waals surface area (Å²) in [6.45, 7) is 1.64. The molecule has 0 atom stereocenters. The van der Waals surface area contributed by atoms with Gasteiger partial charge in [0.15, 0.2) is 11.6 Å². The fraction of sp³-hybridized carbons (Fsp3) is 0.200. The quantitative estimate of drug-likeness (QED) is 0.547. The van der Waals surface area contributed by atoms with E-state index in [1.807, 2.05) is 4.72 Å². The number of fused-ring (bicyclic) bond motifs is 1. The van der Waals surface area contributed by atoms with E-state index in [0.29, 0.717) is 6.42 Å². The molecule has 3 aromatic rings. The zero-order chi connectivity index (χ0) is 20.5. The number of carbonyl (C=O) groups excluding carboxylic acids is 1. The van der Waals surface area contributed by atoms with Crippen LogP contribution >= 0.6 is 11.5 Å². The Balaban J connectivity index is 1.94. The molecule has 0 saturated heterocycles. The number of hydrogen-bond acceptors (Lipinski definition) is 8. The highest BCUT2D eigenvalue weighted by Crippen LogP contribution is 2.29. The van der Waals surface area contributed by atoms with Crippen molar-refractivity contribution in [2.45, 2.75) is 13.3 Å². The third-order valence-corrected chi connectivity index (χ3v) is 5.88. The summed E-state index contributed by atoms with van der Waals surface area (Å²) in [4.78, 5) is 20.1. The van der Waals surface area contributed by atoms with Gasteiger partial charge in [-0.25, -0.2) is 27.2 Å². The molecule has 0 saturated carbocycles. The monoisotopic (exact) mass is 428 g/mol. The Labute approximate surface area is 162 Å². The van der Waals surface area contributed by atoms with Crippen LogP contribution in [-0.2, 0) is 10.0 Å². The molecular formula is C15H14F2N6O3S2. The van der Waals surface area contributed by atoms with Gasteiger partial charge in [0, 0.05) is 0 Å². The highest BCUT2D eigenvalue weighted by Gasteiger charge is 2.23. The van der Waals surface area contributed by atoms with Gasteiger partial charge in [-0.05, 0) is 30.1 Å². The lowest BCUT2D eigenvalue weighted by molar-refractivity contribution is 0.103. The summed E-state index contributed by atoms with van der Waals surface area (Å²) in [5, 5.41) is 2.10. The maximum Gasteiger partial charge on any atom is 0.269 e. The predicted molar refractivity (Wildman–Crippen MR) is 102 cm³/mol. The van der Waals surface area contributed by atoms with Crippen molar-refractivity contribution in [2.75, 3.05) is 21.5 Å². The zero-order valence-corrected chi connectivity index (χ0v) is 16.0. The summed E-state index contributed by atoms with van der Waals surface area (Å²) in [5.74, 6) is -3.38. The van der Waals surface area contributed by atoms with Gasteiger partial charge in [0.25, 0.3) is 5.91 Å². The second kappa shape index (κ2) is 7.59. The topological polar surface area (TPSA) is 140 Å². The van der Waals surface area contributed by atoms with Gasteiger partial charge in [-0.3, -0.25) is 9.52 Å². The van der Waals surface area contributed by atoms with E-state index in [0.717, 1.165) is 30.0 Å². The zero-order valence-electron chi connectivity index (χ0n) is 14.4. The van der Waals surface area contributed by atoms with Crippen LogP contribution in [0.2, 0.25) is 0 Å². The molecule has 2 aromatic heterocycles. The van der Waals surface area contributed by atoms with Crippen molar-refractivity contribution in [1.29, 1.82) is 0 Å². The van der Waals surface area contributed by atoms with E-state index in [9.17, 15) is 22.0 Å². The van der Waals surface area contributed by atoms with E-state index in [4.69, 9.17) is 5.73 Å². The molecule has 0 bridgehead atoms. The Morgan fingerprint density at radius 1 is 1.25 bits per heavy atom. The van der Waals surface area contributed by atoms with E-state index in [1.54, 1.807) is 6.92 Å². The SMILES string of the molecule is CCCS(=O)(=O)Nc1ccc(F)c(NC(=O)c2snc3c(N)ncnc23)c1F. The minimum absolute atomic E-state index is 0.0279. The number of aromatic nitrogens is 3. The molecule has 148 valence electrons. The van der Waals surface area contributed by atoms with Crippen LogP contribution < -0.4 is 15.8 Å². The van der Waals surface area contributed by atoms with Gasteiger partial charge in [0.2, 0.25) is 10.0 Å². The first kappa shape index (κ1) is 19.8. The van der Waals surface area contributed by atoms with Crippen LogP contribution in [0.4, 0.5) is 26.0 Å². The van der Waals surface area contributed by atoms with Crippen molar-refractivity contribution in [3.8, 4) is 0 Å². The summed E-state index contributed by atoms with van der Waals surface area (Å²) in [7, 11) is -3.81. The Morgan fingerprint density at radius 2 is 2.00 bits per heavy atom. The molecule has 0 aliphatic rings. The first-order valence-corrected chi connectivity index (χ1v) is 10.3. The maximum absolute atomic E-state index is 14.6. The molecular weight excluding hydrogens is 414 g/mol. The lowest BCUT2D eigenvalue weighted by Gasteiger charge is -2.12. The third kappa shape index (κ3) is 3.84. The summed E-state index contributed by atoms with van der Waals surface area (Å²) in [6, 6.07) is 1.77. The molecule has 9 nitrogen and oxygen atoms in total. The first-order chi connectivity index (χ1) is 13.2. The minimum Gasteiger partial charge on any atom is -0.382 e. The van der Waals surface area contributed by atoms with Crippen molar-refractivity contribution in [3.63, 3.8) is 0 Å². The average Bonchev–Trinajstić information content (AvgIpc) is 3.06. The van der Waals surface area contributed by atoms with Gasteiger partial charge in [-0.15, -0.1) is 0 Å². The molecule has 1 amide bonds. The number of hydrogen-bond donors (Lipinski definition) is 3. The summed E-state index contributed by atoms with van der Waals surface area (Å²) >= 11 is 0.736. The number of halogens is 2. The van der Waals surface area contributed by atoms with Gasteiger partial charge in [-0.1, -0.05) is 6.92 Å². The predicted octanol–water partition coefficient (Wildman–Crippen LogP) is 2.35.